The molecule has 0 fully saturated rings. The van der Waals surface area contributed by atoms with E-state index in [0.29, 0.717) is 32.8 Å². The number of nitrogens with one attached hydrogen (secondary N) is 1. The molecule has 0 spiro atoms. The summed E-state index contributed by atoms with van der Waals surface area (Å²) < 4.78 is 10.5. The van der Waals surface area contributed by atoms with Crippen LogP contribution in [0.5, 0.6) is 11.5 Å². The highest BCUT2D eigenvalue weighted by Crippen LogP contribution is 2.28. The summed E-state index contributed by atoms with van der Waals surface area (Å²) in [6, 6.07) is 14.2. The van der Waals surface area contributed by atoms with E-state index in [1.165, 1.54) is 6.08 Å². The number of amides is 1. The molecule has 0 bridgehead atoms. The fraction of sp³-hybridized carbons (Fsp3) is 0.136. The first-order chi connectivity index (χ1) is 14.0. The van der Waals surface area contributed by atoms with Gasteiger partial charge in [0.25, 0.3) is 5.91 Å². The van der Waals surface area contributed by atoms with Crippen molar-refractivity contribution in [1.82, 2.24) is 4.98 Å². The first kappa shape index (κ1) is 20.3. The lowest BCUT2D eigenvalue weighted by atomic mass is 10.1. The number of ketones is 1. The van der Waals surface area contributed by atoms with Crippen LogP contribution in [-0.4, -0.2) is 30.9 Å². The number of anilines is 1. The Kier molecular flexibility index (Phi) is 6.41. The van der Waals surface area contributed by atoms with Crippen molar-refractivity contribution in [3.8, 4) is 11.5 Å². The van der Waals surface area contributed by atoms with Gasteiger partial charge in [0.15, 0.2) is 22.4 Å². The number of aromatic nitrogens is 1. The number of methoxy groups -OCH3 is 2. The molecule has 0 saturated carbocycles. The fourth-order valence-corrected chi connectivity index (χ4v) is 3.52. The van der Waals surface area contributed by atoms with Gasteiger partial charge in [0.05, 0.1) is 24.8 Å². The first-order valence-corrected chi connectivity index (χ1v) is 9.61. The fourth-order valence-electron chi connectivity index (χ4n) is 2.64. The van der Waals surface area contributed by atoms with Gasteiger partial charge < -0.3 is 9.47 Å². The number of nitrogens with zero attached hydrogens (tertiary/aromatic N) is 1. The van der Waals surface area contributed by atoms with Gasteiger partial charge in [-0.25, -0.2) is 4.98 Å². The molecule has 0 saturated heterocycles. The van der Waals surface area contributed by atoms with Crippen LogP contribution in [0.1, 0.15) is 31.3 Å². The van der Waals surface area contributed by atoms with E-state index >= 15 is 0 Å². The van der Waals surface area contributed by atoms with Gasteiger partial charge in [-0.05, 0) is 42.8 Å². The van der Waals surface area contributed by atoms with E-state index in [-0.39, 0.29) is 11.7 Å². The van der Waals surface area contributed by atoms with E-state index in [1.807, 2.05) is 12.1 Å². The molecule has 29 heavy (non-hydrogen) atoms. The number of ether oxygens (including phenoxy) is 2. The van der Waals surface area contributed by atoms with Gasteiger partial charge in [0, 0.05) is 5.56 Å². The lowest BCUT2D eigenvalue weighted by Gasteiger charge is -2.07. The first-order valence-electron chi connectivity index (χ1n) is 8.80. The molecule has 3 aromatic rings. The number of carbonyl (C=O) groups is 2. The molecule has 3 rings (SSSR count). The minimum atomic E-state index is -0.265. The van der Waals surface area contributed by atoms with Crippen molar-refractivity contribution in [3.05, 3.63) is 76.3 Å². The Morgan fingerprint density at radius 1 is 1.03 bits per heavy atom. The molecule has 6 nitrogen and oxygen atoms in total. The Morgan fingerprint density at radius 2 is 1.76 bits per heavy atom. The molecule has 1 heterocycles. The van der Waals surface area contributed by atoms with Gasteiger partial charge in [0.2, 0.25) is 0 Å². The van der Waals surface area contributed by atoms with Crippen molar-refractivity contribution >= 4 is 34.2 Å². The molecule has 0 aliphatic carbocycles. The van der Waals surface area contributed by atoms with Gasteiger partial charge >= 0.3 is 0 Å². The van der Waals surface area contributed by atoms with Gasteiger partial charge in [-0.15, -0.1) is 0 Å². The predicted octanol–water partition coefficient (Wildman–Crippen LogP) is 4.62. The lowest BCUT2D eigenvalue weighted by Crippen LogP contribution is -2.11. The average molecular weight is 408 g/mol. The number of thiazole rings is 1. The summed E-state index contributed by atoms with van der Waals surface area (Å²) >= 11 is 1.15. The molecular formula is C22H20N2O4S. The normalized spacial score (nSPS) is 10.7. The maximum Gasteiger partial charge on any atom is 0.257 e. The Labute approximate surface area is 172 Å². The van der Waals surface area contributed by atoms with Crippen LogP contribution in [0.2, 0.25) is 0 Å². The molecule has 7 heteroatoms. The number of aryl methyl sites for hydroxylation is 1. The molecule has 2 aromatic carbocycles. The van der Waals surface area contributed by atoms with Crippen LogP contribution in [0.4, 0.5) is 5.13 Å². The standard InChI is InChI=1S/C22H20N2O4S/c1-14-20(29-22(23-14)24-21(26)16-7-5-4-6-8-16)17(25)11-9-15-10-12-18(27-2)19(13-15)28-3/h4-13H,1-3H3,(H,23,24,26)/b11-9+. The summed E-state index contributed by atoms with van der Waals surface area (Å²) in [6.45, 7) is 1.74. The third kappa shape index (κ3) is 4.89. The van der Waals surface area contributed by atoms with Crippen LogP contribution in [0.15, 0.2) is 54.6 Å². The molecule has 148 valence electrons. The van der Waals surface area contributed by atoms with E-state index in [0.717, 1.165) is 16.9 Å². The second kappa shape index (κ2) is 9.16. The van der Waals surface area contributed by atoms with Gasteiger partial charge in [-0.2, -0.15) is 0 Å². The Morgan fingerprint density at radius 3 is 2.45 bits per heavy atom. The third-order valence-corrected chi connectivity index (χ3v) is 5.20. The van der Waals surface area contributed by atoms with E-state index < -0.39 is 0 Å². The summed E-state index contributed by atoms with van der Waals surface area (Å²) in [6.07, 6.45) is 3.18. The molecule has 0 unspecified atom stereocenters. The summed E-state index contributed by atoms with van der Waals surface area (Å²) in [7, 11) is 3.13. The quantitative estimate of drug-likeness (QED) is 0.456. The SMILES string of the molecule is COc1ccc(/C=C/C(=O)c2sc(NC(=O)c3ccccc3)nc2C)cc1OC. The van der Waals surface area contributed by atoms with Crippen LogP contribution >= 0.6 is 11.3 Å². The van der Waals surface area contributed by atoms with Crippen LogP contribution in [0.3, 0.4) is 0 Å². The van der Waals surface area contributed by atoms with Crippen molar-refractivity contribution in [2.75, 3.05) is 19.5 Å². The monoisotopic (exact) mass is 408 g/mol. The highest BCUT2D eigenvalue weighted by molar-refractivity contribution is 7.18. The number of hydrogen-bond acceptors (Lipinski definition) is 6. The van der Waals surface area contributed by atoms with Gasteiger partial charge in [-0.1, -0.05) is 41.7 Å². The minimum Gasteiger partial charge on any atom is -0.493 e. The largest absolute Gasteiger partial charge is 0.493 e. The van der Waals surface area contributed by atoms with E-state index in [1.54, 1.807) is 63.6 Å². The van der Waals surface area contributed by atoms with Crippen molar-refractivity contribution in [3.63, 3.8) is 0 Å². The van der Waals surface area contributed by atoms with Crippen molar-refractivity contribution in [2.45, 2.75) is 6.92 Å². The molecule has 0 radical (unpaired) electrons. The Hall–Kier alpha value is -3.45. The maximum absolute atomic E-state index is 12.6. The van der Waals surface area contributed by atoms with Crippen molar-refractivity contribution in [1.29, 1.82) is 0 Å². The van der Waals surface area contributed by atoms with Gasteiger partial charge in [0.1, 0.15) is 0 Å². The number of benzene rings is 2. The Bertz CT molecular complexity index is 1060. The van der Waals surface area contributed by atoms with Gasteiger partial charge in [-0.3, -0.25) is 14.9 Å². The number of allylic oxidation sites excluding steroid dienone is 1. The second-order valence-electron chi connectivity index (χ2n) is 6.07. The van der Waals surface area contributed by atoms with Crippen molar-refractivity contribution < 1.29 is 19.1 Å². The van der Waals surface area contributed by atoms with Crippen LogP contribution < -0.4 is 14.8 Å². The number of rotatable bonds is 7. The highest BCUT2D eigenvalue weighted by Gasteiger charge is 2.15. The van der Waals surface area contributed by atoms with E-state index in [4.69, 9.17) is 9.47 Å². The number of carbonyl (C=O) groups excluding carboxylic acids is 2. The molecule has 0 aliphatic rings. The zero-order valence-corrected chi connectivity index (χ0v) is 17.1. The predicted molar refractivity (Wildman–Crippen MR) is 114 cm³/mol. The van der Waals surface area contributed by atoms with Crippen LogP contribution in [0.25, 0.3) is 6.08 Å². The molecular weight excluding hydrogens is 388 g/mol. The summed E-state index contributed by atoms with van der Waals surface area (Å²) in [5.41, 5.74) is 1.90. The van der Waals surface area contributed by atoms with E-state index in [2.05, 4.69) is 10.3 Å². The van der Waals surface area contributed by atoms with Crippen molar-refractivity contribution in [2.24, 2.45) is 0 Å². The van der Waals surface area contributed by atoms with E-state index in [9.17, 15) is 9.59 Å². The molecule has 0 aliphatic heterocycles. The number of hydrogen-bond donors (Lipinski definition) is 1. The summed E-state index contributed by atoms with van der Waals surface area (Å²) in [5.74, 6) is 0.754. The lowest BCUT2D eigenvalue weighted by molar-refractivity contribution is 0.102. The minimum absolute atomic E-state index is 0.185. The highest BCUT2D eigenvalue weighted by atomic mass is 32.1. The zero-order chi connectivity index (χ0) is 20.8. The van der Waals surface area contributed by atoms with Crippen LogP contribution in [0, 0.1) is 6.92 Å². The Balaban J connectivity index is 1.73. The maximum atomic E-state index is 12.6. The second-order valence-corrected chi connectivity index (χ2v) is 7.06. The molecule has 1 amide bonds. The molecule has 1 aromatic heterocycles. The summed E-state index contributed by atoms with van der Waals surface area (Å²) in [4.78, 5) is 29.6. The molecule has 1 N–H and O–H groups in total. The molecule has 0 atom stereocenters. The topological polar surface area (TPSA) is 77.5 Å². The smallest absolute Gasteiger partial charge is 0.257 e. The summed E-state index contributed by atoms with van der Waals surface area (Å²) in [5, 5.41) is 3.13. The average Bonchev–Trinajstić information content (AvgIpc) is 3.12. The zero-order valence-electron chi connectivity index (χ0n) is 16.3. The third-order valence-electron chi connectivity index (χ3n) is 4.11. The van der Waals surface area contributed by atoms with Crippen LogP contribution in [-0.2, 0) is 0 Å².